The van der Waals surface area contributed by atoms with Gasteiger partial charge >= 0.3 is 0 Å². The first kappa shape index (κ1) is 7.70. The van der Waals surface area contributed by atoms with E-state index < -0.39 is 5.38 Å². The van der Waals surface area contributed by atoms with Crippen LogP contribution in [0.3, 0.4) is 0 Å². The van der Waals surface area contributed by atoms with E-state index >= 15 is 0 Å². The monoisotopic (exact) mass is 132 g/mol. The number of carbonyl (C=O) groups is 1. The maximum atomic E-state index is 10.4. The van der Waals surface area contributed by atoms with Gasteiger partial charge in [0, 0.05) is 0 Å². The van der Waals surface area contributed by atoms with Gasteiger partial charge in [0.25, 0.3) is 0 Å². The fraction of sp³-hybridized carbons (Fsp3) is 0.500. The molecule has 0 saturated heterocycles. The fourth-order valence-corrected chi connectivity index (χ4v) is 0.347. The number of alkyl halides is 1. The molecule has 0 rings (SSSR count). The normalized spacial score (nSPS) is 12.9. The molecule has 0 aromatic rings. The first-order valence-corrected chi connectivity index (χ1v) is 2.79. The minimum Gasteiger partial charge on any atom is -0.298 e. The van der Waals surface area contributed by atoms with Crippen LogP contribution < -0.4 is 0 Å². The predicted molar refractivity (Wildman–Crippen MR) is 35.1 cm³/mol. The highest BCUT2D eigenvalue weighted by Gasteiger charge is 2.08. The van der Waals surface area contributed by atoms with Crippen LogP contribution in [0.25, 0.3) is 0 Å². The third-order valence-corrected chi connectivity index (χ3v) is 1.47. The topological polar surface area (TPSA) is 17.1 Å². The second kappa shape index (κ2) is 2.88. The summed E-state index contributed by atoms with van der Waals surface area (Å²) in [4.78, 5) is 10.4. The lowest BCUT2D eigenvalue weighted by molar-refractivity contribution is -0.116. The Bertz CT molecular complexity index is 104. The molecule has 1 unspecified atom stereocenters. The maximum absolute atomic E-state index is 10.4. The number of Topliss-reactive ketones (excluding diaryl/α,β-unsaturated/α-hetero) is 1. The van der Waals surface area contributed by atoms with Crippen LogP contribution in [0.1, 0.15) is 13.8 Å². The molecule has 0 N–H and O–H groups in total. The summed E-state index contributed by atoms with van der Waals surface area (Å²) in [7, 11) is 0. The van der Waals surface area contributed by atoms with Gasteiger partial charge in [0.15, 0.2) is 5.78 Å². The minimum absolute atomic E-state index is 0.0424. The van der Waals surface area contributed by atoms with Crippen molar-refractivity contribution in [1.29, 1.82) is 0 Å². The van der Waals surface area contributed by atoms with E-state index in [4.69, 9.17) is 11.6 Å². The third kappa shape index (κ3) is 2.12. The molecule has 0 fully saturated rings. The average Bonchev–Trinajstić information content (AvgIpc) is 1.64. The van der Waals surface area contributed by atoms with E-state index in [1.165, 1.54) is 6.92 Å². The van der Waals surface area contributed by atoms with Crippen molar-refractivity contribution in [2.45, 2.75) is 19.2 Å². The van der Waals surface area contributed by atoms with Crippen LogP contribution in [-0.4, -0.2) is 11.2 Å². The van der Waals surface area contributed by atoms with Gasteiger partial charge < -0.3 is 0 Å². The van der Waals surface area contributed by atoms with Gasteiger partial charge in [-0.3, -0.25) is 4.79 Å². The SMILES string of the molecule is C=C(C)C(Cl)C(C)=O. The molecule has 0 aliphatic heterocycles. The molecule has 0 aliphatic rings. The molecule has 1 atom stereocenters. The molecule has 0 aromatic heterocycles. The predicted octanol–water partition coefficient (Wildman–Crippen LogP) is 1.76. The van der Waals surface area contributed by atoms with Gasteiger partial charge in [0.05, 0.1) is 0 Å². The highest BCUT2D eigenvalue weighted by Crippen LogP contribution is 2.06. The van der Waals surface area contributed by atoms with Gasteiger partial charge in [-0.05, 0) is 13.8 Å². The van der Waals surface area contributed by atoms with E-state index in [1.54, 1.807) is 6.92 Å². The Morgan fingerprint density at radius 2 is 2.00 bits per heavy atom. The largest absolute Gasteiger partial charge is 0.298 e. The van der Waals surface area contributed by atoms with Gasteiger partial charge in [-0.2, -0.15) is 0 Å². The molecule has 0 heterocycles. The van der Waals surface area contributed by atoms with Crippen LogP contribution in [0.5, 0.6) is 0 Å². The van der Waals surface area contributed by atoms with Gasteiger partial charge in [-0.25, -0.2) is 0 Å². The summed E-state index contributed by atoms with van der Waals surface area (Å²) in [5.74, 6) is -0.0424. The summed E-state index contributed by atoms with van der Waals surface area (Å²) in [6.07, 6.45) is 0. The summed E-state index contributed by atoms with van der Waals surface area (Å²) in [6, 6.07) is 0. The van der Waals surface area contributed by atoms with E-state index in [0.717, 1.165) is 0 Å². The molecule has 0 aromatic carbocycles. The van der Waals surface area contributed by atoms with E-state index in [-0.39, 0.29) is 5.78 Å². The lowest BCUT2D eigenvalue weighted by atomic mass is 10.2. The van der Waals surface area contributed by atoms with Crippen molar-refractivity contribution in [3.05, 3.63) is 12.2 Å². The second-order valence-electron chi connectivity index (χ2n) is 1.82. The number of allylic oxidation sites excluding steroid dienone is 1. The van der Waals surface area contributed by atoms with Crippen molar-refractivity contribution < 1.29 is 4.79 Å². The van der Waals surface area contributed by atoms with Crippen molar-refractivity contribution in [3.63, 3.8) is 0 Å². The molecule has 0 spiro atoms. The zero-order chi connectivity index (χ0) is 6.73. The van der Waals surface area contributed by atoms with Crippen LogP contribution in [-0.2, 0) is 4.79 Å². The zero-order valence-electron chi connectivity index (χ0n) is 5.07. The summed E-state index contributed by atoms with van der Waals surface area (Å²) in [6.45, 7) is 6.71. The van der Waals surface area contributed by atoms with Crippen molar-refractivity contribution in [2.75, 3.05) is 0 Å². The summed E-state index contributed by atoms with van der Waals surface area (Å²) < 4.78 is 0. The Balaban J connectivity index is 3.83. The number of halogens is 1. The van der Waals surface area contributed by atoms with Crippen molar-refractivity contribution in [1.82, 2.24) is 0 Å². The smallest absolute Gasteiger partial charge is 0.151 e. The molecule has 0 radical (unpaired) electrons. The number of hydrogen-bond donors (Lipinski definition) is 0. The van der Waals surface area contributed by atoms with Crippen LogP contribution >= 0.6 is 11.6 Å². The number of carbonyl (C=O) groups excluding carboxylic acids is 1. The van der Waals surface area contributed by atoms with E-state index in [1.807, 2.05) is 0 Å². The molecule has 0 bridgehead atoms. The van der Waals surface area contributed by atoms with Gasteiger partial charge in [-0.15, -0.1) is 11.6 Å². The lowest BCUT2D eigenvalue weighted by Gasteiger charge is -2.00. The highest BCUT2D eigenvalue weighted by molar-refractivity contribution is 6.32. The molecule has 8 heavy (non-hydrogen) atoms. The Kier molecular flexibility index (Phi) is 2.77. The molecular formula is C6H9ClO. The summed E-state index contributed by atoms with van der Waals surface area (Å²) >= 11 is 5.50. The second-order valence-corrected chi connectivity index (χ2v) is 2.26. The number of hydrogen-bond acceptors (Lipinski definition) is 1. The summed E-state index contributed by atoms with van der Waals surface area (Å²) in [5, 5.41) is -0.491. The van der Waals surface area contributed by atoms with Gasteiger partial charge in [0.2, 0.25) is 0 Å². The van der Waals surface area contributed by atoms with E-state index in [0.29, 0.717) is 5.57 Å². The quantitative estimate of drug-likeness (QED) is 0.413. The van der Waals surface area contributed by atoms with Gasteiger partial charge in [0.1, 0.15) is 5.38 Å². The van der Waals surface area contributed by atoms with Crippen LogP contribution in [0.15, 0.2) is 12.2 Å². The maximum Gasteiger partial charge on any atom is 0.151 e. The fourth-order valence-electron chi connectivity index (χ4n) is 0.347. The number of rotatable bonds is 2. The molecule has 0 saturated carbocycles. The van der Waals surface area contributed by atoms with Crippen LogP contribution in [0.2, 0.25) is 0 Å². The Hall–Kier alpha value is -0.300. The van der Waals surface area contributed by atoms with Crippen LogP contribution in [0.4, 0.5) is 0 Å². The van der Waals surface area contributed by atoms with Crippen molar-refractivity contribution >= 4 is 17.4 Å². The third-order valence-electron chi connectivity index (χ3n) is 0.790. The summed E-state index contributed by atoms with van der Waals surface area (Å²) in [5.41, 5.74) is 0.708. The van der Waals surface area contributed by atoms with Crippen LogP contribution in [0, 0.1) is 0 Å². The Morgan fingerprint density at radius 3 is 2.00 bits per heavy atom. The Labute approximate surface area is 54.3 Å². The van der Waals surface area contributed by atoms with Crippen molar-refractivity contribution in [2.24, 2.45) is 0 Å². The zero-order valence-corrected chi connectivity index (χ0v) is 5.83. The lowest BCUT2D eigenvalue weighted by Crippen LogP contribution is -2.09. The standard InChI is InChI=1S/C6H9ClO/c1-4(2)6(7)5(3)8/h6H,1H2,2-3H3. The molecule has 0 aliphatic carbocycles. The average molecular weight is 133 g/mol. The first-order valence-electron chi connectivity index (χ1n) is 2.35. The number of ketones is 1. The highest BCUT2D eigenvalue weighted by atomic mass is 35.5. The molecular weight excluding hydrogens is 124 g/mol. The first-order chi connectivity index (χ1) is 3.55. The molecule has 0 amide bonds. The van der Waals surface area contributed by atoms with Gasteiger partial charge in [-0.1, -0.05) is 12.2 Å². The van der Waals surface area contributed by atoms with E-state index in [9.17, 15) is 4.79 Å². The molecule has 2 heteroatoms. The van der Waals surface area contributed by atoms with E-state index in [2.05, 4.69) is 6.58 Å². The molecule has 1 nitrogen and oxygen atoms in total. The Morgan fingerprint density at radius 1 is 1.62 bits per heavy atom. The molecule has 46 valence electrons. The van der Waals surface area contributed by atoms with Crippen molar-refractivity contribution in [3.8, 4) is 0 Å². The minimum atomic E-state index is -0.491.